The van der Waals surface area contributed by atoms with Gasteiger partial charge in [-0.15, -0.1) is 0 Å². The molecule has 1 unspecified atom stereocenters. The molecule has 0 saturated heterocycles. The number of methoxy groups -OCH3 is 1. The summed E-state index contributed by atoms with van der Waals surface area (Å²) in [5.74, 6) is 0.398. The first kappa shape index (κ1) is 21.1. The number of pyridine rings is 1. The molecule has 0 fully saturated rings. The fourth-order valence-electron chi connectivity index (χ4n) is 4.21. The number of benzene rings is 1. The van der Waals surface area contributed by atoms with E-state index in [-0.39, 0.29) is 17.1 Å². The molecule has 3 aromatic rings. The predicted molar refractivity (Wildman–Crippen MR) is 119 cm³/mol. The summed E-state index contributed by atoms with van der Waals surface area (Å²) >= 11 is 0. The van der Waals surface area contributed by atoms with E-state index in [2.05, 4.69) is 23.7 Å². The highest BCUT2D eigenvalue weighted by Crippen LogP contribution is 2.37. The number of ether oxygens (including phenoxy) is 1. The lowest BCUT2D eigenvalue weighted by atomic mass is 10.0. The molecule has 162 valence electrons. The van der Waals surface area contributed by atoms with Gasteiger partial charge >= 0.3 is 0 Å². The zero-order valence-corrected chi connectivity index (χ0v) is 18.1. The van der Waals surface area contributed by atoms with Crippen LogP contribution in [0.2, 0.25) is 0 Å². The highest BCUT2D eigenvalue weighted by Gasteiger charge is 2.43. The van der Waals surface area contributed by atoms with Crippen molar-refractivity contribution in [3.8, 4) is 5.75 Å². The van der Waals surface area contributed by atoms with Gasteiger partial charge in [0.2, 0.25) is 5.76 Å². The normalized spacial score (nSPS) is 15.7. The van der Waals surface area contributed by atoms with Crippen LogP contribution in [0.15, 0.2) is 51.8 Å². The number of rotatable bonds is 8. The van der Waals surface area contributed by atoms with Crippen LogP contribution in [0.1, 0.15) is 48.1 Å². The fraction of sp³-hybridized carbons (Fsp3) is 0.375. The van der Waals surface area contributed by atoms with E-state index in [4.69, 9.17) is 9.15 Å². The highest BCUT2D eigenvalue weighted by atomic mass is 16.5. The maximum Gasteiger partial charge on any atom is 0.290 e. The van der Waals surface area contributed by atoms with Gasteiger partial charge < -0.3 is 19.0 Å². The number of fused-ring (bicyclic) bond motifs is 2. The molecule has 7 heteroatoms. The zero-order chi connectivity index (χ0) is 22.0. The summed E-state index contributed by atoms with van der Waals surface area (Å²) in [5, 5.41) is 0.429. The molecule has 31 heavy (non-hydrogen) atoms. The molecule has 0 spiro atoms. The van der Waals surface area contributed by atoms with E-state index in [1.165, 1.54) is 0 Å². The SMILES string of the molecule is CCN(CC)CCCN1C(=O)c2oc3cc(OC)ccc3c(=O)c2C1c1ccccn1. The number of carbonyl (C=O) groups excluding carboxylic acids is 1. The van der Waals surface area contributed by atoms with Crippen LogP contribution in [0.25, 0.3) is 11.0 Å². The molecule has 0 bridgehead atoms. The first-order valence-corrected chi connectivity index (χ1v) is 10.7. The Kier molecular flexibility index (Phi) is 6.04. The number of carbonyl (C=O) groups is 1. The molecule has 7 nitrogen and oxygen atoms in total. The molecule has 0 saturated carbocycles. The Morgan fingerprint density at radius 1 is 1.16 bits per heavy atom. The minimum Gasteiger partial charge on any atom is -0.497 e. The van der Waals surface area contributed by atoms with Gasteiger partial charge in [0.15, 0.2) is 5.43 Å². The first-order valence-electron chi connectivity index (χ1n) is 10.7. The molecule has 1 aromatic carbocycles. The second-order valence-electron chi connectivity index (χ2n) is 7.57. The Morgan fingerprint density at radius 2 is 1.97 bits per heavy atom. The highest BCUT2D eigenvalue weighted by molar-refractivity contribution is 5.99. The summed E-state index contributed by atoms with van der Waals surface area (Å²) in [4.78, 5) is 35.3. The molecule has 3 heterocycles. The number of hydrogen-bond acceptors (Lipinski definition) is 6. The van der Waals surface area contributed by atoms with Crippen LogP contribution in [-0.4, -0.2) is 54.0 Å². The number of hydrogen-bond donors (Lipinski definition) is 0. The molecular weight excluding hydrogens is 394 g/mol. The summed E-state index contributed by atoms with van der Waals surface area (Å²) in [6, 6.07) is 10.0. The quantitative estimate of drug-likeness (QED) is 0.554. The Morgan fingerprint density at radius 3 is 2.65 bits per heavy atom. The molecule has 0 radical (unpaired) electrons. The van der Waals surface area contributed by atoms with E-state index in [1.807, 2.05) is 18.2 Å². The molecule has 1 aliphatic heterocycles. The van der Waals surface area contributed by atoms with Crippen LogP contribution in [0, 0.1) is 0 Å². The molecule has 1 amide bonds. The molecule has 1 atom stereocenters. The van der Waals surface area contributed by atoms with Gasteiger partial charge in [0.25, 0.3) is 5.91 Å². The van der Waals surface area contributed by atoms with E-state index in [0.29, 0.717) is 34.5 Å². The zero-order valence-electron chi connectivity index (χ0n) is 18.1. The van der Waals surface area contributed by atoms with Crippen molar-refractivity contribution < 1.29 is 13.9 Å². The van der Waals surface area contributed by atoms with Crippen LogP contribution in [-0.2, 0) is 0 Å². The Bertz CT molecular complexity index is 1140. The first-order chi connectivity index (χ1) is 15.1. The third kappa shape index (κ3) is 3.81. The van der Waals surface area contributed by atoms with Crippen molar-refractivity contribution in [2.75, 3.05) is 33.3 Å². The van der Waals surface area contributed by atoms with Crippen molar-refractivity contribution in [2.24, 2.45) is 0 Å². The van der Waals surface area contributed by atoms with E-state index in [9.17, 15) is 9.59 Å². The van der Waals surface area contributed by atoms with E-state index in [1.54, 1.807) is 36.4 Å². The second kappa shape index (κ2) is 8.89. The van der Waals surface area contributed by atoms with Crippen molar-refractivity contribution in [1.82, 2.24) is 14.8 Å². The summed E-state index contributed by atoms with van der Waals surface area (Å²) in [5.41, 5.74) is 1.18. The molecule has 0 N–H and O–H groups in total. The van der Waals surface area contributed by atoms with Gasteiger partial charge in [0.05, 0.1) is 23.8 Å². The van der Waals surface area contributed by atoms with Crippen molar-refractivity contribution in [3.05, 3.63) is 69.8 Å². The van der Waals surface area contributed by atoms with Gasteiger partial charge in [-0.05, 0) is 50.3 Å². The number of amides is 1. The van der Waals surface area contributed by atoms with Gasteiger partial charge in [-0.3, -0.25) is 14.6 Å². The van der Waals surface area contributed by atoms with Crippen LogP contribution < -0.4 is 10.2 Å². The fourth-order valence-corrected chi connectivity index (χ4v) is 4.21. The lowest BCUT2D eigenvalue weighted by Gasteiger charge is -2.26. The van der Waals surface area contributed by atoms with Gasteiger partial charge in [-0.2, -0.15) is 0 Å². The molecule has 4 rings (SSSR count). The summed E-state index contributed by atoms with van der Waals surface area (Å²) < 4.78 is 11.2. The van der Waals surface area contributed by atoms with Crippen molar-refractivity contribution in [3.63, 3.8) is 0 Å². The van der Waals surface area contributed by atoms with Crippen molar-refractivity contribution in [1.29, 1.82) is 0 Å². The van der Waals surface area contributed by atoms with E-state index in [0.717, 1.165) is 26.1 Å². The number of aromatic nitrogens is 1. The van der Waals surface area contributed by atoms with E-state index < -0.39 is 6.04 Å². The van der Waals surface area contributed by atoms with Crippen LogP contribution in [0.3, 0.4) is 0 Å². The van der Waals surface area contributed by atoms with E-state index >= 15 is 0 Å². The molecule has 1 aliphatic rings. The maximum atomic E-state index is 13.5. The molecule has 2 aromatic heterocycles. The lowest BCUT2D eigenvalue weighted by molar-refractivity contribution is 0.0717. The van der Waals surface area contributed by atoms with Crippen molar-refractivity contribution in [2.45, 2.75) is 26.3 Å². The minimum absolute atomic E-state index is 0.101. The number of nitrogens with zero attached hydrogens (tertiary/aromatic N) is 3. The van der Waals surface area contributed by atoms with Crippen LogP contribution >= 0.6 is 0 Å². The topological polar surface area (TPSA) is 75.9 Å². The third-order valence-corrected chi connectivity index (χ3v) is 5.91. The second-order valence-corrected chi connectivity index (χ2v) is 7.57. The van der Waals surface area contributed by atoms with Gasteiger partial charge in [0.1, 0.15) is 17.4 Å². The average molecular weight is 421 g/mol. The van der Waals surface area contributed by atoms with Crippen molar-refractivity contribution >= 4 is 16.9 Å². The Hall–Kier alpha value is -3.19. The smallest absolute Gasteiger partial charge is 0.290 e. The molecule has 0 aliphatic carbocycles. The summed E-state index contributed by atoms with van der Waals surface area (Å²) in [6.07, 6.45) is 2.48. The average Bonchev–Trinajstić information content (AvgIpc) is 3.09. The van der Waals surface area contributed by atoms with Gasteiger partial charge in [0, 0.05) is 18.8 Å². The molecular formula is C24H27N3O4. The maximum absolute atomic E-state index is 13.5. The lowest BCUT2D eigenvalue weighted by Crippen LogP contribution is -2.33. The summed E-state index contributed by atoms with van der Waals surface area (Å²) in [7, 11) is 1.55. The summed E-state index contributed by atoms with van der Waals surface area (Å²) in [6.45, 7) is 7.56. The Balaban J connectivity index is 1.79. The predicted octanol–water partition coefficient (Wildman–Crippen LogP) is 3.47. The third-order valence-electron chi connectivity index (χ3n) is 5.91. The van der Waals surface area contributed by atoms with Gasteiger partial charge in [-0.25, -0.2) is 0 Å². The largest absolute Gasteiger partial charge is 0.497 e. The monoisotopic (exact) mass is 421 g/mol. The van der Waals surface area contributed by atoms with Gasteiger partial charge in [-0.1, -0.05) is 19.9 Å². The minimum atomic E-state index is -0.553. The van der Waals surface area contributed by atoms with Crippen LogP contribution in [0.4, 0.5) is 0 Å². The standard InChI is InChI=1S/C24H27N3O4/c1-4-26(5-2)13-8-14-27-21(18-9-6-7-12-25-18)20-22(28)17-11-10-16(30-3)15-19(17)31-23(20)24(27)29/h6-7,9-12,15,21H,4-5,8,13-14H2,1-3H3. The van der Waals surface area contributed by atoms with Crippen LogP contribution in [0.5, 0.6) is 5.75 Å². The Labute approximate surface area is 181 Å².